The fourth-order valence-corrected chi connectivity index (χ4v) is 3.09. The van der Waals surface area contributed by atoms with Crippen molar-refractivity contribution in [2.24, 2.45) is 5.92 Å². The van der Waals surface area contributed by atoms with Crippen molar-refractivity contribution in [1.29, 1.82) is 0 Å². The van der Waals surface area contributed by atoms with Crippen LogP contribution in [-0.4, -0.2) is 37.0 Å². The van der Waals surface area contributed by atoms with Gasteiger partial charge in [-0.2, -0.15) is 0 Å². The highest BCUT2D eigenvalue weighted by Gasteiger charge is 2.34. The van der Waals surface area contributed by atoms with Crippen molar-refractivity contribution in [3.63, 3.8) is 0 Å². The maximum atomic E-state index is 12.1. The summed E-state index contributed by atoms with van der Waals surface area (Å²) in [5, 5.41) is 0. The van der Waals surface area contributed by atoms with Crippen LogP contribution in [0.2, 0.25) is 0 Å². The molecule has 0 aromatic heterocycles. The number of alkyl halides is 3. The third kappa shape index (κ3) is 3.89. The van der Waals surface area contributed by atoms with E-state index in [0.29, 0.717) is 12.5 Å². The average Bonchev–Trinajstić information content (AvgIpc) is 2.46. The number of rotatable bonds is 4. The lowest BCUT2D eigenvalue weighted by Crippen LogP contribution is -2.51. The van der Waals surface area contributed by atoms with Crippen molar-refractivity contribution in [2.45, 2.75) is 31.9 Å². The highest BCUT2D eigenvalue weighted by atomic mass is 19.4. The van der Waals surface area contributed by atoms with Gasteiger partial charge < -0.3 is 14.4 Å². The number of piperidine rings is 3. The van der Waals surface area contributed by atoms with Crippen LogP contribution in [0.3, 0.4) is 0 Å². The lowest BCUT2D eigenvalue weighted by atomic mass is 9.86. The Morgan fingerprint density at radius 3 is 2.29 bits per heavy atom. The number of halogens is 3. The molecule has 116 valence electrons. The number of benzene rings is 1. The fourth-order valence-electron chi connectivity index (χ4n) is 3.09. The summed E-state index contributed by atoms with van der Waals surface area (Å²) in [5.74, 6) is 0.428. The number of hydrogen-bond donors (Lipinski definition) is 0. The van der Waals surface area contributed by atoms with E-state index in [9.17, 15) is 13.2 Å². The Morgan fingerprint density at radius 1 is 1.10 bits per heavy atom. The molecule has 2 bridgehead atoms. The molecule has 0 saturated carbocycles. The van der Waals surface area contributed by atoms with Crippen molar-refractivity contribution < 1.29 is 22.6 Å². The van der Waals surface area contributed by atoms with E-state index in [1.165, 1.54) is 25.0 Å². The SMILES string of the molecule is FC(F)(F)Oc1ccc(COC2CN3CCC2CC3)cc1. The van der Waals surface area contributed by atoms with Crippen molar-refractivity contribution in [1.82, 2.24) is 4.90 Å². The quantitative estimate of drug-likeness (QED) is 0.852. The van der Waals surface area contributed by atoms with Gasteiger partial charge in [-0.1, -0.05) is 12.1 Å². The predicted molar refractivity (Wildman–Crippen MR) is 70.9 cm³/mol. The first-order chi connectivity index (χ1) is 9.99. The minimum absolute atomic E-state index is 0.200. The van der Waals surface area contributed by atoms with E-state index in [1.807, 2.05) is 0 Å². The maximum absolute atomic E-state index is 12.1. The van der Waals surface area contributed by atoms with E-state index in [1.54, 1.807) is 12.1 Å². The van der Waals surface area contributed by atoms with Gasteiger partial charge in [0.15, 0.2) is 0 Å². The lowest BCUT2D eigenvalue weighted by Gasteiger charge is -2.44. The Kier molecular flexibility index (Phi) is 4.08. The molecule has 21 heavy (non-hydrogen) atoms. The summed E-state index contributed by atoms with van der Waals surface area (Å²) in [5.41, 5.74) is 0.862. The summed E-state index contributed by atoms with van der Waals surface area (Å²) in [4.78, 5) is 2.41. The molecule has 3 saturated heterocycles. The summed E-state index contributed by atoms with van der Waals surface area (Å²) in [7, 11) is 0. The molecule has 3 nitrogen and oxygen atoms in total. The van der Waals surface area contributed by atoms with E-state index in [4.69, 9.17) is 4.74 Å². The molecule has 3 fully saturated rings. The van der Waals surface area contributed by atoms with Crippen LogP contribution in [0.5, 0.6) is 5.75 Å². The van der Waals surface area contributed by atoms with Crippen LogP contribution in [-0.2, 0) is 11.3 Å². The predicted octanol–water partition coefficient (Wildman–Crippen LogP) is 3.20. The third-order valence-corrected chi connectivity index (χ3v) is 4.22. The minimum atomic E-state index is -4.65. The molecule has 1 aromatic carbocycles. The van der Waals surface area contributed by atoms with E-state index in [2.05, 4.69) is 9.64 Å². The van der Waals surface area contributed by atoms with Crippen LogP contribution in [0.1, 0.15) is 18.4 Å². The van der Waals surface area contributed by atoms with Gasteiger partial charge in [0.25, 0.3) is 0 Å². The molecule has 1 aromatic rings. The summed E-state index contributed by atoms with van der Waals surface area (Å²) >= 11 is 0. The highest BCUT2D eigenvalue weighted by molar-refractivity contribution is 5.27. The molecule has 0 amide bonds. The second kappa shape index (κ2) is 5.85. The van der Waals surface area contributed by atoms with Crippen LogP contribution in [0.15, 0.2) is 24.3 Å². The van der Waals surface area contributed by atoms with Gasteiger partial charge in [0.2, 0.25) is 0 Å². The topological polar surface area (TPSA) is 21.7 Å². The van der Waals surface area contributed by atoms with E-state index < -0.39 is 6.36 Å². The highest BCUT2D eigenvalue weighted by Crippen LogP contribution is 2.30. The molecule has 3 aliphatic rings. The van der Waals surface area contributed by atoms with Gasteiger partial charge in [-0.3, -0.25) is 0 Å². The first kappa shape index (κ1) is 14.7. The number of hydrogen-bond acceptors (Lipinski definition) is 3. The van der Waals surface area contributed by atoms with E-state index >= 15 is 0 Å². The lowest BCUT2D eigenvalue weighted by molar-refractivity contribution is -0.274. The van der Waals surface area contributed by atoms with Gasteiger partial charge in [-0.05, 0) is 49.5 Å². The molecule has 3 aliphatic heterocycles. The van der Waals surface area contributed by atoms with Crippen molar-refractivity contribution in [2.75, 3.05) is 19.6 Å². The zero-order valence-electron chi connectivity index (χ0n) is 11.6. The third-order valence-electron chi connectivity index (χ3n) is 4.22. The number of fused-ring (bicyclic) bond motifs is 3. The molecule has 1 unspecified atom stereocenters. The first-order valence-corrected chi connectivity index (χ1v) is 7.18. The van der Waals surface area contributed by atoms with Gasteiger partial charge in [0.1, 0.15) is 5.75 Å². The number of nitrogens with zero attached hydrogens (tertiary/aromatic N) is 1. The Balaban J connectivity index is 1.51. The first-order valence-electron chi connectivity index (χ1n) is 7.18. The van der Waals surface area contributed by atoms with Crippen LogP contribution in [0.25, 0.3) is 0 Å². The smallest absolute Gasteiger partial charge is 0.406 e. The van der Waals surface area contributed by atoms with Gasteiger partial charge >= 0.3 is 6.36 Å². The standard InChI is InChI=1S/C15H18F3NO2/c16-15(17,18)21-13-3-1-11(2-4-13)10-20-14-9-19-7-5-12(14)6-8-19/h1-4,12,14H,5-10H2. The van der Waals surface area contributed by atoms with Gasteiger partial charge in [0, 0.05) is 6.54 Å². The molecule has 1 atom stereocenters. The van der Waals surface area contributed by atoms with Crippen LogP contribution in [0.4, 0.5) is 13.2 Å². The summed E-state index contributed by atoms with van der Waals surface area (Å²) in [6.07, 6.45) is -2.03. The zero-order chi connectivity index (χ0) is 14.9. The van der Waals surface area contributed by atoms with Gasteiger partial charge in [-0.15, -0.1) is 13.2 Å². The Labute approximate surface area is 121 Å². The van der Waals surface area contributed by atoms with Crippen molar-refractivity contribution in [3.8, 4) is 5.75 Å². The summed E-state index contributed by atoms with van der Waals surface area (Å²) < 4.78 is 46.0. The Bertz CT molecular complexity index is 467. The second-order valence-corrected chi connectivity index (χ2v) is 5.68. The molecule has 0 radical (unpaired) electrons. The normalized spacial score (nSPS) is 28.6. The molecule has 0 aliphatic carbocycles. The summed E-state index contributed by atoms with van der Waals surface area (Å²) in [6.45, 7) is 3.73. The molecule has 3 heterocycles. The second-order valence-electron chi connectivity index (χ2n) is 5.68. The van der Waals surface area contributed by atoms with Crippen LogP contribution >= 0.6 is 0 Å². The monoisotopic (exact) mass is 301 g/mol. The van der Waals surface area contributed by atoms with Gasteiger partial charge in [-0.25, -0.2) is 0 Å². The minimum Gasteiger partial charge on any atom is -0.406 e. The Hall–Kier alpha value is -1.27. The largest absolute Gasteiger partial charge is 0.573 e. The molecule has 4 rings (SSSR count). The van der Waals surface area contributed by atoms with Crippen LogP contribution in [0, 0.1) is 5.92 Å². The maximum Gasteiger partial charge on any atom is 0.573 e. The van der Waals surface area contributed by atoms with Gasteiger partial charge in [0.05, 0.1) is 12.7 Å². The molecular formula is C15H18F3NO2. The summed E-state index contributed by atoms with van der Waals surface area (Å²) in [6, 6.07) is 5.87. The van der Waals surface area contributed by atoms with E-state index in [-0.39, 0.29) is 11.9 Å². The molecule has 0 spiro atoms. The van der Waals surface area contributed by atoms with Crippen LogP contribution < -0.4 is 4.74 Å². The van der Waals surface area contributed by atoms with E-state index in [0.717, 1.165) is 25.2 Å². The van der Waals surface area contributed by atoms with Crippen molar-refractivity contribution in [3.05, 3.63) is 29.8 Å². The molecule has 0 N–H and O–H groups in total. The molecule has 6 heteroatoms. The number of ether oxygens (including phenoxy) is 2. The zero-order valence-corrected chi connectivity index (χ0v) is 11.6. The average molecular weight is 301 g/mol. The fraction of sp³-hybridized carbons (Fsp3) is 0.600. The molecular weight excluding hydrogens is 283 g/mol. The van der Waals surface area contributed by atoms with Crippen molar-refractivity contribution >= 4 is 0 Å². The Morgan fingerprint density at radius 2 is 1.76 bits per heavy atom.